The van der Waals surface area contributed by atoms with Crippen LogP contribution < -0.4 is 5.32 Å². The molecule has 0 aliphatic heterocycles. The van der Waals surface area contributed by atoms with Gasteiger partial charge in [-0.3, -0.25) is 4.79 Å². The molecule has 0 aromatic heterocycles. The van der Waals surface area contributed by atoms with Crippen molar-refractivity contribution in [1.82, 2.24) is 5.32 Å². The van der Waals surface area contributed by atoms with E-state index in [9.17, 15) is 9.59 Å². The summed E-state index contributed by atoms with van der Waals surface area (Å²) in [6, 6.07) is 8.18. The minimum Gasteiger partial charge on any atom is -0.464 e. The summed E-state index contributed by atoms with van der Waals surface area (Å²) < 4.78 is 4.78. The predicted molar refractivity (Wildman–Crippen MR) is 74.4 cm³/mol. The van der Waals surface area contributed by atoms with E-state index >= 15 is 0 Å². The average Bonchev–Trinajstić information content (AvgIpc) is 2.45. The SMILES string of the molecule is CCOC(=O)C(C)NC(=O)C=Cc1cccc(C#N)c1. The van der Waals surface area contributed by atoms with Gasteiger partial charge in [-0.1, -0.05) is 12.1 Å². The number of nitrogens with zero attached hydrogens (tertiary/aromatic N) is 1. The molecular formula is C15H16N2O3. The zero-order valence-corrected chi connectivity index (χ0v) is 11.4. The predicted octanol–water partition coefficient (Wildman–Crippen LogP) is 1.64. The second-order valence-corrected chi connectivity index (χ2v) is 4.05. The third-order valence-electron chi connectivity index (χ3n) is 2.44. The second kappa shape index (κ2) is 7.74. The van der Waals surface area contributed by atoms with Gasteiger partial charge in [0, 0.05) is 6.08 Å². The topological polar surface area (TPSA) is 79.2 Å². The third kappa shape index (κ3) is 4.94. The molecule has 1 amide bonds. The van der Waals surface area contributed by atoms with Crippen molar-refractivity contribution in [3.8, 4) is 6.07 Å². The van der Waals surface area contributed by atoms with Gasteiger partial charge in [0.2, 0.25) is 5.91 Å². The Labute approximate surface area is 117 Å². The Balaban J connectivity index is 2.59. The fourth-order valence-corrected chi connectivity index (χ4v) is 1.47. The van der Waals surface area contributed by atoms with Crippen LogP contribution in [0.4, 0.5) is 0 Å². The third-order valence-corrected chi connectivity index (χ3v) is 2.44. The fourth-order valence-electron chi connectivity index (χ4n) is 1.47. The number of esters is 1. The van der Waals surface area contributed by atoms with Crippen molar-refractivity contribution in [3.05, 3.63) is 41.5 Å². The van der Waals surface area contributed by atoms with Crippen LogP contribution in [0.25, 0.3) is 6.08 Å². The molecule has 0 spiro atoms. The molecule has 0 saturated carbocycles. The molecule has 1 N–H and O–H groups in total. The molecule has 0 heterocycles. The average molecular weight is 272 g/mol. The molecule has 1 rings (SSSR count). The van der Waals surface area contributed by atoms with Crippen LogP contribution in [0.15, 0.2) is 30.3 Å². The monoisotopic (exact) mass is 272 g/mol. The summed E-state index contributed by atoms with van der Waals surface area (Å²) in [5, 5.41) is 11.3. The Bertz CT molecular complexity index is 558. The van der Waals surface area contributed by atoms with Crippen molar-refractivity contribution >= 4 is 18.0 Å². The highest BCUT2D eigenvalue weighted by Crippen LogP contribution is 2.05. The maximum atomic E-state index is 11.6. The van der Waals surface area contributed by atoms with Gasteiger partial charge < -0.3 is 10.1 Å². The molecule has 5 heteroatoms. The van der Waals surface area contributed by atoms with Crippen LogP contribution in [-0.2, 0) is 14.3 Å². The minimum absolute atomic E-state index is 0.274. The Hall–Kier alpha value is -2.61. The largest absolute Gasteiger partial charge is 0.464 e. The number of amides is 1. The van der Waals surface area contributed by atoms with Gasteiger partial charge in [-0.25, -0.2) is 4.79 Å². The first-order chi connectivity index (χ1) is 9.56. The van der Waals surface area contributed by atoms with E-state index in [1.165, 1.54) is 6.08 Å². The summed E-state index contributed by atoms with van der Waals surface area (Å²) in [5.41, 5.74) is 1.26. The van der Waals surface area contributed by atoms with Crippen molar-refractivity contribution < 1.29 is 14.3 Å². The number of hydrogen-bond donors (Lipinski definition) is 1. The van der Waals surface area contributed by atoms with E-state index in [4.69, 9.17) is 10.00 Å². The standard InChI is InChI=1S/C15H16N2O3/c1-3-20-15(19)11(2)17-14(18)8-7-12-5-4-6-13(9-12)10-16/h4-9,11H,3H2,1-2H3,(H,17,18). The number of hydrogen-bond acceptors (Lipinski definition) is 4. The molecule has 5 nitrogen and oxygen atoms in total. The molecular weight excluding hydrogens is 256 g/mol. The lowest BCUT2D eigenvalue weighted by molar-refractivity contribution is -0.146. The number of nitriles is 1. The Morgan fingerprint density at radius 3 is 2.90 bits per heavy atom. The van der Waals surface area contributed by atoms with Crippen LogP contribution in [0.3, 0.4) is 0 Å². The van der Waals surface area contributed by atoms with E-state index in [0.717, 1.165) is 5.56 Å². The van der Waals surface area contributed by atoms with Crippen molar-refractivity contribution in [2.24, 2.45) is 0 Å². The maximum absolute atomic E-state index is 11.6. The molecule has 1 unspecified atom stereocenters. The summed E-state index contributed by atoms with van der Waals surface area (Å²) in [4.78, 5) is 23.0. The van der Waals surface area contributed by atoms with Gasteiger partial charge in [-0.15, -0.1) is 0 Å². The summed E-state index contributed by atoms with van der Waals surface area (Å²) >= 11 is 0. The lowest BCUT2D eigenvalue weighted by atomic mass is 10.1. The molecule has 0 saturated heterocycles. The van der Waals surface area contributed by atoms with Crippen molar-refractivity contribution in [3.63, 3.8) is 0 Å². The van der Waals surface area contributed by atoms with E-state index in [1.54, 1.807) is 44.2 Å². The van der Waals surface area contributed by atoms with Crippen LogP contribution >= 0.6 is 0 Å². The summed E-state index contributed by atoms with van der Waals surface area (Å²) in [5.74, 6) is -0.867. The summed E-state index contributed by atoms with van der Waals surface area (Å²) in [6.45, 7) is 3.53. The molecule has 0 aliphatic rings. The van der Waals surface area contributed by atoms with Crippen LogP contribution in [0.5, 0.6) is 0 Å². The molecule has 1 atom stereocenters. The van der Waals surface area contributed by atoms with Crippen LogP contribution in [0.2, 0.25) is 0 Å². The first kappa shape index (κ1) is 15.4. The summed E-state index contributed by atoms with van der Waals surface area (Å²) in [7, 11) is 0. The first-order valence-corrected chi connectivity index (χ1v) is 6.22. The van der Waals surface area contributed by atoms with Gasteiger partial charge in [0.1, 0.15) is 6.04 Å². The number of ether oxygens (including phenoxy) is 1. The van der Waals surface area contributed by atoms with Gasteiger partial charge in [0.25, 0.3) is 0 Å². The van der Waals surface area contributed by atoms with E-state index in [1.807, 2.05) is 6.07 Å². The molecule has 1 aromatic rings. The van der Waals surface area contributed by atoms with Gasteiger partial charge in [0.05, 0.1) is 18.2 Å². The van der Waals surface area contributed by atoms with Gasteiger partial charge in [-0.2, -0.15) is 5.26 Å². The summed E-state index contributed by atoms with van der Waals surface area (Å²) in [6.07, 6.45) is 2.89. The number of carbonyl (C=O) groups excluding carboxylic acids is 2. The molecule has 104 valence electrons. The van der Waals surface area contributed by atoms with E-state index in [2.05, 4.69) is 5.32 Å². The lowest BCUT2D eigenvalue weighted by Gasteiger charge is -2.10. The van der Waals surface area contributed by atoms with Crippen molar-refractivity contribution in [2.75, 3.05) is 6.61 Å². The Morgan fingerprint density at radius 1 is 1.50 bits per heavy atom. The zero-order chi connectivity index (χ0) is 15.0. The number of nitrogens with one attached hydrogen (secondary N) is 1. The quantitative estimate of drug-likeness (QED) is 0.652. The molecule has 20 heavy (non-hydrogen) atoms. The molecule has 1 aromatic carbocycles. The minimum atomic E-state index is -0.697. The lowest BCUT2D eigenvalue weighted by Crippen LogP contribution is -2.38. The molecule has 0 aliphatic carbocycles. The Morgan fingerprint density at radius 2 is 2.25 bits per heavy atom. The van der Waals surface area contributed by atoms with E-state index < -0.39 is 17.9 Å². The fraction of sp³-hybridized carbons (Fsp3) is 0.267. The molecule has 0 fully saturated rings. The van der Waals surface area contributed by atoms with Gasteiger partial charge in [0.15, 0.2) is 0 Å². The smallest absolute Gasteiger partial charge is 0.328 e. The van der Waals surface area contributed by atoms with Crippen LogP contribution in [-0.4, -0.2) is 24.5 Å². The number of rotatable bonds is 5. The normalized spacial score (nSPS) is 11.7. The highest BCUT2D eigenvalue weighted by Gasteiger charge is 2.14. The number of benzene rings is 1. The highest BCUT2D eigenvalue weighted by molar-refractivity contribution is 5.94. The molecule has 0 bridgehead atoms. The molecule has 0 radical (unpaired) electrons. The zero-order valence-electron chi connectivity index (χ0n) is 11.4. The van der Waals surface area contributed by atoms with Crippen molar-refractivity contribution in [1.29, 1.82) is 5.26 Å². The first-order valence-electron chi connectivity index (χ1n) is 6.22. The van der Waals surface area contributed by atoms with Gasteiger partial charge in [-0.05, 0) is 37.6 Å². The van der Waals surface area contributed by atoms with E-state index in [-0.39, 0.29) is 6.61 Å². The highest BCUT2D eigenvalue weighted by atomic mass is 16.5. The van der Waals surface area contributed by atoms with Crippen molar-refractivity contribution in [2.45, 2.75) is 19.9 Å². The number of carbonyl (C=O) groups is 2. The maximum Gasteiger partial charge on any atom is 0.328 e. The second-order valence-electron chi connectivity index (χ2n) is 4.05. The van der Waals surface area contributed by atoms with Crippen LogP contribution in [0.1, 0.15) is 25.0 Å². The van der Waals surface area contributed by atoms with E-state index in [0.29, 0.717) is 5.56 Å². The van der Waals surface area contributed by atoms with Crippen LogP contribution in [0, 0.1) is 11.3 Å². The Kier molecular flexibility index (Phi) is 5.98. The van der Waals surface area contributed by atoms with Gasteiger partial charge >= 0.3 is 5.97 Å².